The minimum Gasteiger partial charge on any atom is -0.377 e. The average Bonchev–Trinajstić information content (AvgIpc) is 3.27. The molecule has 0 aliphatic carbocycles. The summed E-state index contributed by atoms with van der Waals surface area (Å²) in [5, 5.41) is 0. The molecule has 0 saturated carbocycles. The fourth-order valence-electron chi connectivity index (χ4n) is 7.27. The van der Waals surface area contributed by atoms with E-state index in [1.54, 1.807) is 0 Å². The molecule has 0 N–H and O–H groups in total. The lowest BCUT2D eigenvalue weighted by atomic mass is 9.68. The number of hydrogen-bond donors (Lipinski definition) is 0. The first-order chi connectivity index (χ1) is 13.7. The van der Waals surface area contributed by atoms with E-state index in [1.165, 1.54) is 19.3 Å². The SMILES string of the molecule is C[C@@H]1C(CC(C)(C)[C@@H]2OCC[C@@H]2C)CO[C@H]1C(C)(C)CC1C[C@H](C)[C@@H](C(C)(C)C)O1. The summed E-state index contributed by atoms with van der Waals surface area (Å²) in [7, 11) is 0. The van der Waals surface area contributed by atoms with Crippen LogP contribution in [0.4, 0.5) is 0 Å². The number of hydrogen-bond acceptors (Lipinski definition) is 3. The third kappa shape index (κ3) is 5.09. The van der Waals surface area contributed by atoms with Crippen molar-refractivity contribution in [3.63, 3.8) is 0 Å². The van der Waals surface area contributed by atoms with E-state index in [9.17, 15) is 0 Å². The monoisotopic (exact) mass is 422 g/mol. The van der Waals surface area contributed by atoms with Gasteiger partial charge in [-0.2, -0.15) is 0 Å². The lowest BCUT2D eigenvalue weighted by Crippen LogP contribution is -2.39. The van der Waals surface area contributed by atoms with Crippen molar-refractivity contribution < 1.29 is 14.2 Å². The van der Waals surface area contributed by atoms with Crippen molar-refractivity contribution in [3.8, 4) is 0 Å². The summed E-state index contributed by atoms with van der Waals surface area (Å²) < 4.78 is 19.2. The maximum Gasteiger partial charge on any atom is 0.0656 e. The zero-order valence-electron chi connectivity index (χ0n) is 21.6. The van der Waals surface area contributed by atoms with Crippen molar-refractivity contribution in [3.05, 3.63) is 0 Å². The van der Waals surface area contributed by atoms with Crippen LogP contribution in [-0.2, 0) is 14.2 Å². The second kappa shape index (κ2) is 8.67. The average molecular weight is 423 g/mol. The molecule has 3 nitrogen and oxygen atoms in total. The van der Waals surface area contributed by atoms with Gasteiger partial charge in [-0.1, -0.05) is 69.2 Å². The fourth-order valence-corrected chi connectivity index (χ4v) is 7.27. The number of rotatable bonds is 6. The molecular weight excluding hydrogens is 372 g/mol. The van der Waals surface area contributed by atoms with Crippen molar-refractivity contribution >= 4 is 0 Å². The standard InChI is InChI=1S/C27H50O3/c1-17-11-12-28-23(17)26(7,8)14-20-16-29-24(19(20)3)27(9,10)15-21-13-18(2)22(30-21)25(4,5)6/h17-24H,11-16H2,1-10H3/t17-,18-,19+,20?,21?,22-,23+,24+/m0/s1. The van der Waals surface area contributed by atoms with Gasteiger partial charge in [-0.15, -0.1) is 0 Å². The molecule has 8 atom stereocenters. The molecule has 3 heterocycles. The molecule has 0 aromatic carbocycles. The quantitative estimate of drug-likeness (QED) is 0.474. The Hall–Kier alpha value is -0.120. The third-order valence-electron chi connectivity index (χ3n) is 8.53. The normalized spacial score (nSPS) is 41.0. The zero-order chi connectivity index (χ0) is 22.5. The van der Waals surface area contributed by atoms with Crippen LogP contribution in [0.3, 0.4) is 0 Å². The highest BCUT2D eigenvalue weighted by molar-refractivity contribution is 4.97. The van der Waals surface area contributed by atoms with Crippen LogP contribution in [0.1, 0.15) is 94.9 Å². The Bertz CT molecular complexity index is 575. The molecule has 0 spiro atoms. The summed E-state index contributed by atoms with van der Waals surface area (Å²) in [6.45, 7) is 25.5. The van der Waals surface area contributed by atoms with Crippen LogP contribution in [0, 0.1) is 39.9 Å². The lowest BCUT2D eigenvalue weighted by molar-refractivity contribution is -0.0665. The van der Waals surface area contributed by atoms with Gasteiger partial charge in [0.1, 0.15) is 0 Å². The molecule has 3 aliphatic heterocycles. The van der Waals surface area contributed by atoms with Crippen LogP contribution in [-0.4, -0.2) is 37.6 Å². The minimum atomic E-state index is 0.132. The number of ether oxygens (including phenoxy) is 3. The molecule has 3 aliphatic rings. The Labute approximate surface area is 187 Å². The largest absolute Gasteiger partial charge is 0.377 e. The van der Waals surface area contributed by atoms with Gasteiger partial charge in [0.05, 0.1) is 31.0 Å². The van der Waals surface area contributed by atoms with Gasteiger partial charge in [-0.3, -0.25) is 0 Å². The van der Waals surface area contributed by atoms with Crippen LogP contribution >= 0.6 is 0 Å². The van der Waals surface area contributed by atoms with Crippen molar-refractivity contribution in [2.45, 2.75) is 119 Å². The van der Waals surface area contributed by atoms with Gasteiger partial charge in [0.25, 0.3) is 0 Å². The molecule has 3 saturated heterocycles. The summed E-state index contributed by atoms with van der Waals surface area (Å²) >= 11 is 0. The van der Waals surface area contributed by atoms with Crippen molar-refractivity contribution in [1.82, 2.24) is 0 Å². The molecular formula is C27H50O3. The van der Waals surface area contributed by atoms with Gasteiger partial charge in [-0.25, -0.2) is 0 Å². The lowest BCUT2D eigenvalue weighted by Gasteiger charge is -2.39. The molecule has 3 rings (SSSR count). The van der Waals surface area contributed by atoms with Gasteiger partial charge in [0.2, 0.25) is 0 Å². The Balaban J connectivity index is 1.60. The Morgan fingerprint density at radius 1 is 0.733 bits per heavy atom. The second-order valence-corrected chi connectivity index (χ2v) is 13.6. The topological polar surface area (TPSA) is 27.7 Å². The van der Waals surface area contributed by atoms with Crippen LogP contribution < -0.4 is 0 Å². The van der Waals surface area contributed by atoms with E-state index < -0.39 is 0 Å². The Morgan fingerprint density at radius 3 is 1.90 bits per heavy atom. The molecule has 0 aromatic heterocycles. The van der Waals surface area contributed by atoms with Crippen LogP contribution in [0.2, 0.25) is 0 Å². The predicted octanol–water partition coefficient (Wildman–Crippen LogP) is 6.73. The van der Waals surface area contributed by atoms with E-state index in [2.05, 4.69) is 69.2 Å². The van der Waals surface area contributed by atoms with E-state index in [4.69, 9.17) is 14.2 Å². The summed E-state index contributed by atoms with van der Waals surface area (Å²) in [4.78, 5) is 0. The highest BCUT2D eigenvalue weighted by Crippen LogP contribution is 2.49. The van der Waals surface area contributed by atoms with Crippen molar-refractivity contribution in [1.29, 1.82) is 0 Å². The van der Waals surface area contributed by atoms with E-state index in [-0.39, 0.29) is 16.2 Å². The van der Waals surface area contributed by atoms with Gasteiger partial charge < -0.3 is 14.2 Å². The predicted molar refractivity (Wildman–Crippen MR) is 125 cm³/mol. The highest BCUT2D eigenvalue weighted by atomic mass is 16.5. The molecule has 30 heavy (non-hydrogen) atoms. The summed E-state index contributed by atoms with van der Waals surface area (Å²) in [5.74, 6) is 2.50. The van der Waals surface area contributed by atoms with Gasteiger partial charge in [-0.05, 0) is 65.6 Å². The van der Waals surface area contributed by atoms with Crippen molar-refractivity contribution in [2.24, 2.45) is 39.9 Å². The first-order valence-electron chi connectivity index (χ1n) is 12.6. The van der Waals surface area contributed by atoms with Crippen LogP contribution in [0.5, 0.6) is 0 Å². The molecule has 176 valence electrons. The summed E-state index contributed by atoms with van der Waals surface area (Å²) in [6, 6.07) is 0. The van der Waals surface area contributed by atoms with E-state index in [0.717, 1.165) is 19.6 Å². The molecule has 0 bridgehead atoms. The summed E-state index contributed by atoms with van der Waals surface area (Å²) in [5.41, 5.74) is 0.555. The van der Waals surface area contributed by atoms with Gasteiger partial charge in [0.15, 0.2) is 0 Å². The molecule has 0 radical (unpaired) electrons. The maximum absolute atomic E-state index is 6.58. The maximum atomic E-state index is 6.58. The zero-order valence-corrected chi connectivity index (χ0v) is 21.6. The molecule has 3 heteroatoms. The van der Waals surface area contributed by atoms with Gasteiger partial charge in [0, 0.05) is 6.61 Å². The molecule has 2 unspecified atom stereocenters. The smallest absolute Gasteiger partial charge is 0.0656 e. The molecule has 0 amide bonds. The molecule has 3 fully saturated rings. The van der Waals surface area contributed by atoms with Crippen LogP contribution in [0.15, 0.2) is 0 Å². The third-order valence-corrected chi connectivity index (χ3v) is 8.53. The fraction of sp³-hybridized carbons (Fsp3) is 1.00. The minimum absolute atomic E-state index is 0.132. The van der Waals surface area contributed by atoms with Crippen molar-refractivity contribution in [2.75, 3.05) is 13.2 Å². The van der Waals surface area contributed by atoms with Gasteiger partial charge >= 0.3 is 0 Å². The first-order valence-corrected chi connectivity index (χ1v) is 12.6. The molecule has 0 aromatic rings. The van der Waals surface area contributed by atoms with E-state index >= 15 is 0 Å². The van der Waals surface area contributed by atoms with E-state index in [0.29, 0.717) is 48.1 Å². The Kier molecular flexibility index (Phi) is 7.09. The highest BCUT2D eigenvalue weighted by Gasteiger charge is 2.49. The second-order valence-electron chi connectivity index (χ2n) is 13.6. The first kappa shape index (κ1) is 24.5. The Morgan fingerprint density at radius 2 is 1.37 bits per heavy atom. The summed E-state index contributed by atoms with van der Waals surface area (Å²) in [6.07, 6.45) is 6.10. The van der Waals surface area contributed by atoms with E-state index in [1.807, 2.05) is 0 Å². The van der Waals surface area contributed by atoms with Crippen LogP contribution in [0.25, 0.3) is 0 Å².